The van der Waals surface area contributed by atoms with E-state index in [1.807, 2.05) is 28.0 Å². The third-order valence-electron chi connectivity index (χ3n) is 7.27. The molecule has 8 nitrogen and oxygen atoms in total. The number of piperidine rings is 1. The third-order valence-corrected chi connectivity index (χ3v) is 7.27. The molecule has 3 fully saturated rings. The molecule has 0 saturated carbocycles. The molecule has 4 aliphatic heterocycles. The topological polar surface area (TPSA) is 80.3 Å². The number of hydrogen-bond acceptors (Lipinski definition) is 5. The van der Waals surface area contributed by atoms with E-state index >= 15 is 0 Å². The number of anilines is 1. The predicted molar refractivity (Wildman–Crippen MR) is 119 cm³/mol. The number of amides is 3. The van der Waals surface area contributed by atoms with E-state index in [4.69, 9.17) is 14.2 Å². The number of benzene rings is 1. The predicted octanol–water partition coefficient (Wildman–Crippen LogP) is 3.26. The van der Waals surface area contributed by atoms with Gasteiger partial charge in [-0.05, 0) is 56.6 Å². The molecule has 1 unspecified atom stereocenters. The van der Waals surface area contributed by atoms with Crippen LogP contribution >= 0.6 is 0 Å². The van der Waals surface area contributed by atoms with Gasteiger partial charge in [-0.3, -0.25) is 4.79 Å². The summed E-state index contributed by atoms with van der Waals surface area (Å²) in [6.07, 6.45) is 6.41. The van der Waals surface area contributed by atoms with Crippen LogP contribution in [0.5, 0.6) is 11.5 Å². The maximum atomic E-state index is 12.8. The fraction of sp³-hybridized carbons (Fsp3) is 0.667. The number of urea groups is 1. The van der Waals surface area contributed by atoms with E-state index in [1.54, 1.807) is 0 Å². The third kappa shape index (κ3) is 4.65. The van der Waals surface area contributed by atoms with E-state index in [9.17, 15) is 9.59 Å². The highest BCUT2D eigenvalue weighted by Crippen LogP contribution is 2.39. The van der Waals surface area contributed by atoms with Gasteiger partial charge in [-0.25, -0.2) is 4.79 Å². The van der Waals surface area contributed by atoms with Crippen molar-refractivity contribution in [1.29, 1.82) is 0 Å². The Morgan fingerprint density at radius 2 is 1.72 bits per heavy atom. The van der Waals surface area contributed by atoms with Crippen molar-refractivity contribution in [3.8, 4) is 11.5 Å². The van der Waals surface area contributed by atoms with E-state index in [-0.39, 0.29) is 11.6 Å². The van der Waals surface area contributed by atoms with Crippen molar-refractivity contribution < 1.29 is 23.8 Å². The largest absolute Gasteiger partial charge is 0.486 e. The van der Waals surface area contributed by atoms with E-state index in [2.05, 4.69) is 5.32 Å². The lowest BCUT2D eigenvalue weighted by Crippen LogP contribution is -2.52. The van der Waals surface area contributed by atoms with Gasteiger partial charge in [-0.2, -0.15) is 0 Å². The van der Waals surface area contributed by atoms with Crippen molar-refractivity contribution >= 4 is 17.6 Å². The van der Waals surface area contributed by atoms with Gasteiger partial charge in [0.05, 0.1) is 5.60 Å². The second kappa shape index (κ2) is 9.17. The molecular formula is C24H33N3O5. The first-order valence-corrected chi connectivity index (χ1v) is 12.0. The zero-order valence-corrected chi connectivity index (χ0v) is 18.6. The van der Waals surface area contributed by atoms with Crippen molar-refractivity contribution in [2.75, 3.05) is 51.3 Å². The summed E-state index contributed by atoms with van der Waals surface area (Å²) in [5.74, 6) is 2.06. The van der Waals surface area contributed by atoms with E-state index in [0.717, 1.165) is 51.6 Å². The average molecular weight is 444 g/mol. The number of carbonyl (C=O) groups is 2. The highest BCUT2D eigenvalue weighted by molar-refractivity contribution is 5.89. The first-order valence-electron chi connectivity index (χ1n) is 12.0. The van der Waals surface area contributed by atoms with Gasteiger partial charge in [0.2, 0.25) is 5.91 Å². The summed E-state index contributed by atoms with van der Waals surface area (Å²) in [6.45, 7) is 4.92. The Bertz CT molecular complexity index is 846. The minimum Gasteiger partial charge on any atom is -0.486 e. The Labute approximate surface area is 189 Å². The molecule has 3 saturated heterocycles. The lowest BCUT2D eigenvalue weighted by atomic mass is 9.78. The van der Waals surface area contributed by atoms with Crippen LogP contribution in [0, 0.1) is 5.92 Å². The molecule has 3 amide bonds. The monoisotopic (exact) mass is 443 g/mol. The van der Waals surface area contributed by atoms with Crippen LogP contribution in [0.15, 0.2) is 18.2 Å². The Morgan fingerprint density at radius 1 is 0.969 bits per heavy atom. The number of ether oxygens (including phenoxy) is 3. The Morgan fingerprint density at radius 3 is 2.50 bits per heavy atom. The molecule has 4 heterocycles. The summed E-state index contributed by atoms with van der Waals surface area (Å²) in [6, 6.07) is 5.37. The van der Waals surface area contributed by atoms with Gasteiger partial charge in [0.15, 0.2) is 11.5 Å². The fourth-order valence-corrected chi connectivity index (χ4v) is 5.44. The highest BCUT2D eigenvalue weighted by atomic mass is 16.6. The molecule has 1 aromatic carbocycles. The number of hydrogen-bond donors (Lipinski definition) is 1. The quantitative estimate of drug-likeness (QED) is 0.776. The molecule has 8 heteroatoms. The van der Waals surface area contributed by atoms with Crippen LogP contribution in [-0.2, 0) is 9.53 Å². The maximum Gasteiger partial charge on any atom is 0.321 e. The molecule has 0 aromatic heterocycles. The van der Waals surface area contributed by atoms with Gasteiger partial charge < -0.3 is 29.3 Å². The molecule has 5 rings (SSSR count). The molecule has 1 spiro atoms. The lowest BCUT2D eigenvalue weighted by Gasteiger charge is -2.46. The Hall–Kier alpha value is -2.48. The smallest absolute Gasteiger partial charge is 0.321 e. The van der Waals surface area contributed by atoms with Crippen molar-refractivity contribution in [3.05, 3.63) is 18.2 Å². The first kappa shape index (κ1) is 21.4. The molecule has 4 aliphatic rings. The standard InChI is InChI=1S/C24H33N3O5/c28-22(26-8-1-2-9-26)15-18-5-12-32-24(17-18)6-10-27(11-7-24)23(29)25-19-3-4-20-21(16-19)31-14-13-30-20/h3-4,16,18H,1-2,5-15,17H2,(H,25,29). The fourth-order valence-electron chi connectivity index (χ4n) is 5.44. The van der Waals surface area contributed by atoms with E-state index in [0.29, 0.717) is 68.3 Å². The molecule has 32 heavy (non-hydrogen) atoms. The van der Waals surface area contributed by atoms with Crippen LogP contribution in [0.4, 0.5) is 10.5 Å². The minimum absolute atomic E-state index is 0.104. The zero-order chi connectivity index (χ0) is 22.0. The summed E-state index contributed by atoms with van der Waals surface area (Å²) in [5.41, 5.74) is 0.510. The van der Waals surface area contributed by atoms with E-state index in [1.165, 1.54) is 0 Å². The first-order chi connectivity index (χ1) is 15.6. The molecule has 1 atom stereocenters. The molecule has 0 radical (unpaired) electrons. The number of rotatable bonds is 3. The van der Waals surface area contributed by atoms with Crippen molar-refractivity contribution in [1.82, 2.24) is 9.80 Å². The molecular weight excluding hydrogens is 410 g/mol. The minimum atomic E-state index is -0.192. The van der Waals surface area contributed by atoms with Crippen LogP contribution in [0.3, 0.4) is 0 Å². The van der Waals surface area contributed by atoms with Crippen LogP contribution in [0.2, 0.25) is 0 Å². The number of nitrogens with one attached hydrogen (secondary N) is 1. The molecule has 174 valence electrons. The maximum absolute atomic E-state index is 12.8. The van der Waals surface area contributed by atoms with Crippen LogP contribution in [-0.4, -0.2) is 73.3 Å². The Balaban J connectivity index is 1.13. The summed E-state index contributed by atoms with van der Waals surface area (Å²) in [4.78, 5) is 29.3. The van der Waals surface area contributed by atoms with Crippen molar-refractivity contribution in [2.24, 2.45) is 5.92 Å². The number of likely N-dealkylation sites (tertiary alicyclic amines) is 2. The van der Waals surface area contributed by atoms with Crippen molar-refractivity contribution in [3.63, 3.8) is 0 Å². The van der Waals surface area contributed by atoms with Crippen molar-refractivity contribution in [2.45, 2.75) is 50.5 Å². The highest BCUT2D eigenvalue weighted by Gasteiger charge is 2.42. The van der Waals surface area contributed by atoms with Gasteiger partial charge in [0.25, 0.3) is 0 Å². The van der Waals surface area contributed by atoms with E-state index < -0.39 is 0 Å². The number of nitrogens with zero attached hydrogens (tertiary/aromatic N) is 2. The number of carbonyl (C=O) groups excluding carboxylic acids is 2. The SMILES string of the molecule is O=C(CC1CCOC2(CCN(C(=O)Nc3ccc4c(c3)OCCO4)CC2)C1)N1CCCC1. The summed E-state index contributed by atoms with van der Waals surface area (Å²) in [5, 5.41) is 2.98. The van der Waals surface area contributed by atoms with Crippen LogP contribution in [0.1, 0.15) is 44.9 Å². The van der Waals surface area contributed by atoms with Crippen LogP contribution in [0.25, 0.3) is 0 Å². The second-order valence-electron chi connectivity index (χ2n) is 9.46. The molecule has 1 N–H and O–H groups in total. The van der Waals surface area contributed by atoms with Gasteiger partial charge in [-0.15, -0.1) is 0 Å². The normalized spacial score (nSPS) is 24.4. The van der Waals surface area contributed by atoms with Crippen LogP contribution < -0.4 is 14.8 Å². The van der Waals surface area contributed by atoms with Gasteiger partial charge >= 0.3 is 6.03 Å². The van der Waals surface area contributed by atoms with Gasteiger partial charge in [0.1, 0.15) is 13.2 Å². The summed E-state index contributed by atoms with van der Waals surface area (Å²) in [7, 11) is 0. The Kier molecular flexibility index (Phi) is 6.13. The average Bonchev–Trinajstić information content (AvgIpc) is 3.35. The number of fused-ring (bicyclic) bond motifs is 1. The molecule has 0 bridgehead atoms. The lowest BCUT2D eigenvalue weighted by molar-refractivity contribution is -0.139. The molecule has 0 aliphatic carbocycles. The summed E-state index contributed by atoms with van der Waals surface area (Å²) >= 11 is 0. The summed E-state index contributed by atoms with van der Waals surface area (Å²) < 4.78 is 17.4. The molecule has 1 aromatic rings. The van der Waals surface area contributed by atoms with Gasteiger partial charge in [-0.1, -0.05) is 0 Å². The zero-order valence-electron chi connectivity index (χ0n) is 18.6. The van der Waals surface area contributed by atoms with Gasteiger partial charge in [0, 0.05) is 51.0 Å². The second-order valence-corrected chi connectivity index (χ2v) is 9.46.